The summed E-state index contributed by atoms with van der Waals surface area (Å²) in [5.74, 6) is -0.797. The van der Waals surface area contributed by atoms with E-state index < -0.39 is 11.5 Å². The van der Waals surface area contributed by atoms with Crippen molar-refractivity contribution in [3.8, 4) is 0 Å². The highest BCUT2D eigenvalue weighted by atomic mass is 16.5. The summed E-state index contributed by atoms with van der Waals surface area (Å²) in [6.45, 7) is 4.47. The molecule has 0 saturated carbocycles. The van der Waals surface area contributed by atoms with E-state index in [0.717, 1.165) is 25.1 Å². The summed E-state index contributed by atoms with van der Waals surface area (Å²) in [7, 11) is 1.55. The van der Waals surface area contributed by atoms with Gasteiger partial charge in [0.2, 0.25) is 0 Å². The molecule has 0 bridgehead atoms. The van der Waals surface area contributed by atoms with Crippen LogP contribution in [0.1, 0.15) is 25.3 Å². The minimum atomic E-state index is -0.886. The number of aryl methyl sites for hydroxylation is 1. The smallest absolute Gasteiger partial charge is 0.326 e. The van der Waals surface area contributed by atoms with E-state index in [-0.39, 0.29) is 6.61 Å². The van der Waals surface area contributed by atoms with Crippen LogP contribution in [0.3, 0.4) is 0 Å². The lowest BCUT2D eigenvalue weighted by atomic mass is 9.97. The minimum Gasteiger partial charge on any atom is -0.480 e. The molecule has 6 heteroatoms. The second kappa shape index (κ2) is 5.71. The number of carbonyl (C=O) groups is 1. The molecule has 2 heterocycles. The molecule has 0 amide bonds. The Hall–Kier alpha value is -1.40. The average molecular weight is 267 g/mol. The van der Waals surface area contributed by atoms with E-state index in [4.69, 9.17) is 4.74 Å². The molecule has 1 fully saturated rings. The maximum absolute atomic E-state index is 11.6. The van der Waals surface area contributed by atoms with Crippen molar-refractivity contribution < 1.29 is 14.6 Å². The molecule has 6 nitrogen and oxygen atoms in total. The Morgan fingerprint density at radius 2 is 2.42 bits per heavy atom. The first-order valence-corrected chi connectivity index (χ1v) is 6.61. The van der Waals surface area contributed by atoms with Crippen LogP contribution in [0.4, 0.5) is 0 Å². The number of ether oxygens (including phenoxy) is 1. The molecule has 106 valence electrons. The summed E-state index contributed by atoms with van der Waals surface area (Å²) in [6.07, 6.45) is 5.30. The lowest BCUT2D eigenvalue weighted by molar-refractivity contribution is -0.153. The first kappa shape index (κ1) is 14.0. The Morgan fingerprint density at radius 1 is 1.63 bits per heavy atom. The van der Waals surface area contributed by atoms with Crippen LogP contribution in [0.2, 0.25) is 0 Å². The summed E-state index contributed by atoms with van der Waals surface area (Å²) >= 11 is 0. The zero-order valence-corrected chi connectivity index (χ0v) is 11.5. The molecule has 1 atom stereocenters. The van der Waals surface area contributed by atoms with Crippen molar-refractivity contribution >= 4 is 5.97 Å². The Morgan fingerprint density at radius 3 is 3.00 bits per heavy atom. The molecule has 1 saturated heterocycles. The third kappa shape index (κ3) is 2.64. The van der Waals surface area contributed by atoms with E-state index in [0.29, 0.717) is 13.0 Å². The quantitative estimate of drug-likeness (QED) is 0.831. The monoisotopic (exact) mass is 267 g/mol. The van der Waals surface area contributed by atoms with Gasteiger partial charge in [-0.3, -0.25) is 14.4 Å². The third-order valence-electron chi connectivity index (χ3n) is 3.79. The summed E-state index contributed by atoms with van der Waals surface area (Å²) in [5, 5.41) is 13.8. The second-order valence-electron chi connectivity index (χ2n) is 5.00. The highest BCUT2D eigenvalue weighted by Gasteiger charge is 2.47. The molecule has 1 aromatic rings. The molecular formula is C13H21N3O3. The summed E-state index contributed by atoms with van der Waals surface area (Å²) in [6, 6.07) is 0. The Labute approximate surface area is 113 Å². The predicted molar refractivity (Wildman–Crippen MR) is 69.8 cm³/mol. The number of hydrogen-bond donors (Lipinski definition) is 1. The van der Waals surface area contributed by atoms with Crippen molar-refractivity contribution in [2.45, 2.75) is 38.4 Å². The molecule has 0 aliphatic carbocycles. The van der Waals surface area contributed by atoms with Crippen LogP contribution < -0.4 is 0 Å². The number of aliphatic carboxylic acids is 1. The Kier molecular flexibility index (Phi) is 4.21. The SMILES string of the molecule is CCn1cc(CN2CCCC2(COC)C(=O)O)cn1. The molecule has 0 aromatic carbocycles. The predicted octanol–water partition coefficient (Wildman–Crippen LogP) is 0.969. The molecule has 2 rings (SSSR count). The van der Waals surface area contributed by atoms with Gasteiger partial charge in [-0.25, -0.2) is 0 Å². The van der Waals surface area contributed by atoms with E-state index >= 15 is 0 Å². The minimum absolute atomic E-state index is 0.226. The molecule has 19 heavy (non-hydrogen) atoms. The van der Waals surface area contributed by atoms with Gasteiger partial charge in [-0.05, 0) is 26.3 Å². The zero-order valence-electron chi connectivity index (χ0n) is 11.5. The summed E-state index contributed by atoms with van der Waals surface area (Å²) in [4.78, 5) is 13.6. The van der Waals surface area contributed by atoms with Crippen LogP contribution in [0.25, 0.3) is 0 Å². The van der Waals surface area contributed by atoms with E-state index in [1.165, 1.54) is 0 Å². The normalized spacial score (nSPS) is 23.9. The lowest BCUT2D eigenvalue weighted by Crippen LogP contribution is -2.53. The van der Waals surface area contributed by atoms with Gasteiger partial charge in [0.25, 0.3) is 0 Å². The molecule has 1 aromatic heterocycles. The van der Waals surface area contributed by atoms with Crippen LogP contribution in [0, 0.1) is 0 Å². The first-order chi connectivity index (χ1) is 9.12. The van der Waals surface area contributed by atoms with E-state index in [1.807, 2.05) is 22.7 Å². The number of likely N-dealkylation sites (tertiary alicyclic amines) is 1. The number of carboxylic acid groups (broad SMARTS) is 1. The largest absolute Gasteiger partial charge is 0.480 e. The Balaban J connectivity index is 2.15. The molecule has 0 radical (unpaired) electrons. The summed E-state index contributed by atoms with van der Waals surface area (Å²) in [5.41, 5.74) is 0.161. The van der Waals surface area contributed by atoms with Gasteiger partial charge in [0, 0.05) is 32.0 Å². The van der Waals surface area contributed by atoms with Crippen LogP contribution in [0.5, 0.6) is 0 Å². The lowest BCUT2D eigenvalue weighted by Gasteiger charge is -2.33. The second-order valence-corrected chi connectivity index (χ2v) is 5.00. The van der Waals surface area contributed by atoms with Gasteiger partial charge in [0.1, 0.15) is 5.54 Å². The van der Waals surface area contributed by atoms with Crippen LogP contribution in [0.15, 0.2) is 12.4 Å². The molecule has 1 aliphatic heterocycles. The highest BCUT2D eigenvalue weighted by molar-refractivity contribution is 5.79. The highest BCUT2D eigenvalue weighted by Crippen LogP contribution is 2.31. The van der Waals surface area contributed by atoms with Gasteiger partial charge >= 0.3 is 5.97 Å². The number of carboxylic acids is 1. The van der Waals surface area contributed by atoms with E-state index in [2.05, 4.69) is 5.10 Å². The standard InChI is InChI=1S/C13H21N3O3/c1-3-16-9-11(7-14-16)8-15-6-4-5-13(15,10-19-2)12(17)18/h7,9H,3-6,8,10H2,1-2H3,(H,17,18). The fourth-order valence-corrected chi connectivity index (χ4v) is 2.75. The molecule has 1 unspecified atom stereocenters. The van der Waals surface area contributed by atoms with Gasteiger partial charge in [0.15, 0.2) is 0 Å². The fourth-order valence-electron chi connectivity index (χ4n) is 2.75. The number of rotatable bonds is 6. The number of nitrogens with zero attached hydrogens (tertiary/aromatic N) is 3. The number of hydrogen-bond acceptors (Lipinski definition) is 4. The molecule has 1 aliphatic rings. The first-order valence-electron chi connectivity index (χ1n) is 6.61. The average Bonchev–Trinajstić information content (AvgIpc) is 2.98. The zero-order chi connectivity index (χ0) is 13.9. The molecule has 1 N–H and O–H groups in total. The van der Waals surface area contributed by atoms with Crippen LogP contribution in [-0.2, 0) is 22.6 Å². The maximum Gasteiger partial charge on any atom is 0.326 e. The van der Waals surface area contributed by atoms with Crippen molar-refractivity contribution in [2.75, 3.05) is 20.3 Å². The van der Waals surface area contributed by atoms with Gasteiger partial charge < -0.3 is 9.84 Å². The van der Waals surface area contributed by atoms with Crippen molar-refractivity contribution in [3.05, 3.63) is 18.0 Å². The number of aromatic nitrogens is 2. The van der Waals surface area contributed by atoms with Crippen LogP contribution >= 0.6 is 0 Å². The van der Waals surface area contributed by atoms with E-state index in [1.54, 1.807) is 13.3 Å². The van der Waals surface area contributed by atoms with Crippen molar-refractivity contribution in [1.82, 2.24) is 14.7 Å². The van der Waals surface area contributed by atoms with Gasteiger partial charge in [0.05, 0.1) is 12.8 Å². The topological polar surface area (TPSA) is 67.6 Å². The molecule has 0 spiro atoms. The summed E-state index contributed by atoms with van der Waals surface area (Å²) < 4.78 is 6.99. The number of methoxy groups -OCH3 is 1. The maximum atomic E-state index is 11.6. The van der Waals surface area contributed by atoms with Crippen molar-refractivity contribution in [2.24, 2.45) is 0 Å². The molecular weight excluding hydrogens is 246 g/mol. The van der Waals surface area contributed by atoms with Gasteiger partial charge in [-0.1, -0.05) is 0 Å². The van der Waals surface area contributed by atoms with Crippen molar-refractivity contribution in [1.29, 1.82) is 0 Å². The Bertz CT molecular complexity index is 446. The van der Waals surface area contributed by atoms with E-state index in [9.17, 15) is 9.90 Å². The van der Waals surface area contributed by atoms with Gasteiger partial charge in [-0.2, -0.15) is 5.10 Å². The fraction of sp³-hybridized carbons (Fsp3) is 0.692. The van der Waals surface area contributed by atoms with Crippen LogP contribution in [-0.4, -0.2) is 51.6 Å². The third-order valence-corrected chi connectivity index (χ3v) is 3.79. The van der Waals surface area contributed by atoms with Gasteiger partial charge in [-0.15, -0.1) is 0 Å². The van der Waals surface area contributed by atoms with Crippen molar-refractivity contribution in [3.63, 3.8) is 0 Å².